The van der Waals surface area contributed by atoms with E-state index in [4.69, 9.17) is 19.9 Å². The molecule has 1 aliphatic rings. The lowest BCUT2D eigenvalue weighted by atomic mass is 10.0. The number of ether oxygens (including phenoxy) is 3. The van der Waals surface area contributed by atoms with Gasteiger partial charge in [0.25, 0.3) is 0 Å². The Hall–Kier alpha value is -1.26. The molecule has 82 valence electrons. The smallest absolute Gasteiger partial charge is 0.189 e. The van der Waals surface area contributed by atoms with Gasteiger partial charge in [0.2, 0.25) is 0 Å². The van der Waals surface area contributed by atoms with Crippen LogP contribution < -0.4 is 15.2 Å². The van der Waals surface area contributed by atoms with Gasteiger partial charge in [-0.3, -0.25) is 0 Å². The number of nitrogens with two attached hydrogens (primary N) is 1. The monoisotopic (exact) mass is 209 g/mol. The van der Waals surface area contributed by atoms with Gasteiger partial charge < -0.3 is 19.9 Å². The van der Waals surface area contributed by atoms with Crippen LogP contribution in [-0.4, -0.2) is 20.4 Å². The van der Waals surface area contributed by atoms with Crippen molar-refractivity contribution in [3.63, 3.8) is 0 Å². The molecule has 1 aromatic rings. The molecule has 1 aromatic carbocycles. The maximum atomic E-state index is 5.55. The van der Waals surface area contributed by atoms with Crippen LogP contribution in [0.5, 0.6) is 11.5 Å². The highest BCUT2D eigenvalue weighted by molar-refractivity contribution is 5.50. The number of fused-ring (bicyclic) bond motifs is 1. The Balaban J connectivity index is 2.42. The standard InChI is InChI=1S/C11H15NO3/c1-13-10-3-2-8(4-5-12)11-9(10)6-14-7-15-11/h2-3H,4-7,12H2,1H3. The Labute approximate surface area is 88.9 Å². The molecule has 15 heavy (non-hydrogen) atoms. The van der Waals surface area contributed by atoms with E-state index in [-0.39, 0.29) is 0 Å². The predicted octanol–water partition coefficient (Wildman–Crippen LogP) is 1.06. The first-order chi connectivity index (χ1) is 7.36. The highest BCUT2D eigenvalue weighted by Gasteiger charge is 2.18. The van der Waals surface area contributed by atoms with Gasteiger partial charge in [0, 0.05) is 0 Å². The van der Waals surface area contributed by atoms with Crippen molar-refractivity contribution in [2.75, 3.05) is 20.4 Å². The van der Waals surface area contributed by atoms with Gasteiger partial charge >= 0.3 is 0 Å². The van der Waals surface area contributed by atoms with Gasteiger partial charge in [-0.2, -0.15) is 0 Å². The molecule has 1 heterocycles. The maximum Gasteiger partial charge on any atom is 0.189 e. The van der Waals surface area contributed by atoms with Crippen LogP contribution in [0.25, 0.3) is 0 Å². The predicted molar refractivity (Wildman–Crippen MR) is 56.0 cm³/mol. The lowest BCUT2D eigenvalue weighted by Gasteiger charge is -2.22. The summed E-state index contributed by atoms with van der Waals surface area (Å²) in [7, 11) is 1.65. The van der Waals surface area contributed by atoms with Crippen LogP contribution >= 0.6 is 0 Å². The van der Waals surface area contributed by atoms with E-state index < -0.39 is 0 Å². The third-order valence-electron chi connectivity index (χ3n) is 2.47. The molecule has 0 saturated carbocycles. The molecule has 4 heteroatoms. The molecule has 0 fully saturated rings. The van der Waals surface area contributed by atoms with E-state index in [0.717, 1.165) is 29.0 Å². The molecule has 0 unspecified atom stereocenters. The molecular formula is C11H15NO3. The van der Waals surface area contributed by atoms with Crippen molar-refractivity contribution < 1.29 is 14.2 Å². The van der Waals surface area contributed by atoms with Crippen LogP contribution in [0, 0.1) is 0 Å². The summed E-state index contributed by atoms with van der Waals surface area (Å²) >= 11 is 0. The fourth-order valence-electron chi connectivity index (χ4n) is 1.76. The minimum absolute atomic E-state index is 0.303. The SMILES string of the molecule is COc1ccc(CCN)c2c1COCO2. The highest BCUT2D eigenvalue weighted by Crippen LogP contribution is 2.35. The van der Waals surface area contributed by atoms with Crippen LogP contribution in [0.4, 0.5) is 0 Å². The summed E-state index contributed by atoms with van der Waals surface area (Å²) in [6.07, 6.45) is 0.812. The molecule has 0 amide bonds. The summed E-state index contributed by atoms with van der Waals surface area (Å²) in [5.74, 6) is 1.69. The molecule has 0 aliphatic carbocycles. The fraction of sp³-hybridized carbons (Fsp3) is 0.455. The third-order valence-corrected chi connectivity index (χ3v) is 2.47. The minimum atomic E-state index is 0.303. The Bertz CT molecular complexity index is 352. The van der Waals surface area contributed by atoms with Gasteiger partial charge in [0.1, 0.15) is 11.5 Å². The van der Waals surface area contributed by atoms with Crippen molar-refractivity contribution in [2.45, 2.75) is 13.0 Å². The van der Waals surface area contributed by atoms with Crippen molar-refractivity contribution in [3.05, 3.63) is 23.3 Å². The van der Waals surface area contributed by atoms with Gasteiger partial charge in [-0.1, -0.05) is 6.07 Å². The van der Waals surface area contributed by atoms with Crippen molar-refractivity contribution in [3.8, 4) is 11.5 Å². The molecular weight excluding hydrogens is 194 g/mol. The molecule has 2 N–H and O–H groups in total. The van der Waals surface area contributed by atoms with Crippen molar-refractivity contribution in [2.24, 2.45) is 5.73 Å². The number of hydrogen-bond acceptors (Lipinski definition) is 4. The molecule has 0 saturated heterocycles. The Morgan fingerprint density at radius 1 is 1.47 bits per heavy atom. The van der Waals surface area contributed by atoms with Crippen LogP contribution in [-0.2, 0) is 17.8 Å². The second-order valence-corrected chi connectivity index (χ2v) is 3.38. The number of benzene rings is 1. The largest absolute Gasteiger partial charge is 0.496 e. The van der Waals surface area contributed by atoms with E-state index in [1.165, 1.54) is 0 Å². The van der Waals surface area contributed by atoms with Crippen LogP contribution in [0.2, 0.25) is 0 Å². The van der Waals surface area contributed by atoms with Crippen molar-refractivity contribution in [1.29, 1.82) is 0 Å². The lowest BCUT2D eigenvalue weighted by molar-refractivity contribution is -0.0181. The summed E-state index contributed by atoms with van der Waals surface area (Å²) in [5, 5.41) is 0. The van der Waals surface area contributed by atoms with Gasteiger partial charge in [0.05, 0.1) is 19.3 Å². The zero-order chi connectivity index (χ0) is 10.7. The quantitative estimate of drug-likeness (QED) is 0.808. The van der Waals surface area contributed by atoms with Crippen molar-refractivity contribution >= 4 is 0 Å². The van der Waals surface area contributed by atoms with Crippen molar-refractivity contribution in [1.82, 2.24) is 0 Å². The first-order valence-electron chi connectivity index (χ1n) is 4.96. The highest BCUT2D eigenvalue weighted by atomic mass is 16.7. The first-order valence-corrected chi connectivity index (χ1v) is 4.96. The van der Waals surface area contributed by atoms with Gasteiger partial charge in [-0.05, 0) is 24.6 Å². The molecule has 2 rings (SSSR count). The normalized spacial score (nSPS) is 14.3. The molecule has 4 nitrogen and oxygen atoms in total. The van der Waals surface area contributed by atoms with E-state index >= 15 is 0 Å². The average Bonchev–Trinajstić information content (AvgIpc) is 2.30. The van der Waals surface area contributed by atoms with Crippen LogP contribution in [0.3, 0.4) is 0 Å². The van der Waals surface area contributed by atoms with Gasteiger partial charge in [0.15, 0.2) is 6.79 Å². The topological polar surface area (TPSA) is 53.7 Å². The van der Waals surface area contributed by atoms with Crippen LogP contribution in [0.1, 0.15) is 11.1 Å². The minimum Gasteiger partial charge on any atom is -0.496 e. The summed E-state index contributed by atoms with van der Waals surface area (Å²) < 4.78 is 16.0. The Kier molecular flexibility index (Phi) is 3.08. The maximum absolute atomic E-state index is 5.55. The number of rotatable bonds is 3. The average molecular weight is 209 g/mol. The van der Waals surface area contributed by atoms with Gasteiger partial charge in [-0.15, -0.1) is 0 Å². The molecule has 0 aromatic heterocycles. The Morgan fingerprint density at radius 2 is 2.33 bits per heavy atom. The first kappa shape index (κ1) is 10.3. The van der Waals surface area contributed by atoms with E-state index in [2.05, 4.69) is 0 Å². The van der Waals surface area contributed by atoms with Gasteiger partial charge in [-0.25, -0.2) is 0 Å². The summed E-state index contributed by atoms with van der Waals surface area (Å²) in [5.41, 5.74) is 7.65. The fourth-order valence-corrected chi connectivity index (χ4v) is 1.76. The summed E-state index contributed by atoms with van der Waals surface area (Å²) in [4.78, 5) is 0. The molecule has 0 radical (unpaired) electrons. The van der Waals surface area contributed by atoms with E-state index in [9.17, 15) is 0 Å². The molecule has 0 spiro atoms. The Morgan fingerprint density at radius 3 is 3.07 bits per heavy atom. The second-order valence-electron chi connectivity index (χ2n) is 3.38. The molecule has 0 bridgehead atoms. The zero-order valence-corrected chi connectivity index (χ0v) is 8.79. The molecule has 0 atom stereocenters. The third kappa shape index (κ3) is 1.91. The van der Waals surface area contributed by atoms with Crippen LogP contribution in [0.15, 0.2) is 12.1 Å². The van der Waals surface area contributed by atoms with E-state index in [0.29, 0.717) is 19.9 Å². The summed E-state index contributed by atoms with van der Waals surface area (Å²) in [6, 6.07) is 3.93. The number of hydrogen-bond donors (Lipinski definition) is 1. The molecule has 1 aliphatic heterocycles. The number of methoxy groups -OCH3 is 1. The van der Waals surface area contributed by atoms with E-state index in [1.54, 1.807) is 7.11 Å². The lowest BCUT2D eigenvalue weighted by Crippen LogP contribution is -2.15. The second kappa shape index (κ2) is 4.51. The zero-order valence-electron chi connectivity index (χ0n) is 8.79. The summed E-state index contributed by atoms with van der Waals surface area (Å²) in [6.45, 7) is 1.46. The van der Waals surface area contributed by atoms with E-state index in [1.807, 2.05) is 12.1 Å².